The molecule has 7 heteroatoms. The van der Waals surface area contributed by atoms with Gasteiger partial charge in [-0.2, -0.15) is 0 Å². The maximum atomic E-state index is 15.0. The number of aryl methyl sites for hydroxylation is 2. The van der Waals surface area contributed by atoms with Gasteiger partial charge in [-0.15, -0.1) is 0 Å². The summed E-state index contributed by atoms with van der Waals surface area (Å²) >= 11 is 0. The van der Waals surface area contributed by atoms with E-state index in [4.69, 9.17) is 24.8 Å². The average Bonchev–Trinajstić information content (AvgIpc) is 3.18. The highest BCUT2D eigenvalue weighted by Crippen LogP contribution is 2.34. The Morgan fingerprint density at radius 3 is 2.66 bits per heavy atom. The van der Waals surface area contributed by atoms with Gasteiger partial charge in [0, 0.05) is 29.3 Å². The molecule has 0 saturated carbocycles. The van der Waals surface area contributed by atoms with E-state index >= 15 is 0 Å². The fourth-order valence-corrected chi connectivity index (χ4v) is 3.56. The summed E-state index contributed by atoms with van der Waals surface area (Å²) < 4.78 is 26.9. The number of aromatic nitrogens is 1. The molecule has 6 nitrogen and oxygen atoms in total. The summed E-state index contributed by atoms with van der Waals surface area (Å²) in [6.07, 6.45) is 2.47. The molecule has 0 aliphatic heterocycles. The standard InChI is InChI=1S/C24H23FN2O2.CH2O2/c1-3-17-6-4-5-7-22(17)28-14-16-11-18-10-15(2)29-24(18)20(12-16)19-8-9-27-21(13-26)23(19)25;2-1-3/h4-12H,3,13-14,26H2,1-2H3;1H,(H,2,3). The minimum Gasteiger partial charge on any atom is -0.489 e. The average molecular weight is 436 g/mol. The molecular weight excluding hydrogens is 411 g/mol. The van der Waals surface area contributed by atoms with Gasteiger partial charge in [0.15, 0.2) is 5.82 Å². The number of ether oxygens (including phenoxy) is 1. The third kappa shape index (κ3) is 4.95. The molecule has 0 fully saturated rings. The second kappa shape index (κ2) is 10.5. The molecule has 2 aromatic carbocycles. The molecule has 0 aliphatic carbocycles. The van der Waals surface area contributed by atoms with Gasteiger partial charge in [0.2, 0.25) is 0 Å². The molecule has 32 heavy (non-hydrogen) atoms. The predicted molar refractivity (Wildman–Crippen MR) is 121 cm³/mol. The molecular formula is C25H25FN2O4. The van der Waals surface area contributed by atoms with Gasteiger partial charge < -0.3 is 20.0 Å². The summed E-state index contributed by atoms with van der Waals surface area (Å²) in [5.74, 6) is 1.21. The molecule has 0 bridgehead atoms. The molecule has 0 amide bonds. The largest absolute Gasteiger partial charge is 0.489 e. The van der Waals surface area contributed by atoms with Crippen LogP contribution >= 0.6 is 0 Å². The summed E-state index contributed by atoms with van der Waals surface area (Å²) in [6, 6.07) is 15.5. The van der Waals surface area contributed by atoms with Crippen molar-refractivity contribution in [2.24, 2.45) is 5.73 Å². The molecule has 0 atom stereocenters. The number of carboxylic acid groups (broad SMARTS) is 1. The maximum absolute atomic E-state index is 15.0. The number of pyridine rings is 1. The predicted octanol–water partition coefficient (Wildman–Crippen LogP) is 5.24. The Bertz CT molecular complexity index is 1220. The number of hydrogen-bond acceptors (Lipinski definition) is 5. The lowest BCUT2D eigenvalue weighted by Crippen LogP contribution is -2.04. The van der Waals surface area contributed by atoms with Crippen LogP contribution in [0.1, 0.15) is 29.5 Å². The minimum absolute atomic E-state index is 0.0383. The number of furan rings is 1. The van der Waals surface area contributed by atoms with E-state index in [1.165, 1.54) is 0 Å². The highest BCUT2D eigenvalue weighted by atomic mass is 19.1. The highest BCUT2D eigenvalue weighted by Gasteiger charge is 2.17. The molecule has 4 rings (SSSR count). The first-order valence-electron chi connectivity index (χ1n) is 10.2. The lowest BCUT2D eigenvalue weighted by atomic mass is 10.00. The van der Waals surface area contributed by atoms with Crippen molar-refractivity contribution in [2.75, 3.05) is 0 Å². The van der Waals surface area contributed by atoms with Crippen molar-refractivity contribution in [1.82, 2.24) is 4.98 Å². The Hall–Kier alpha value is -3.71. The number of halogens is 1. The van der Waals surface area contributed by atoms with Crippen molar-refractivity contribution >= 4 is 17.4 Å². The summed E-state index contributed by atoms with van der Waals surface area (Å²) in [7, 11) is 0. The molecule has 0 saturated heterocycles. The van der Waals surface area contributed by atoms with Gasteiger partial charge in [-0.3, -0.25) is 9.78 Å². The van der Waals surface area contributed by atoms with Crippen LogP contribution in [-0.2, 0) is 24.4 Å². The highest BCUT2D eigenvalue weighted by molar-refractivity contribution is 5.93. The van der Waals surface area contributed by atoms with E-state index in [1.54, 1.807) is 12.3 Å². The van der Waals surface area contributed by atoms with E-state index in [2.05, 4.69) is 18.0 Å². The van der Waals surface area contributed by atoms with Crippen LogP contribution in [0.5, 0.6) is 5.75 Å². The smallest absolute Gasteiger partial charge is 0.290 e. The fourth-order valence-electron chi connectivity index (χ4n) is 3.56. The van der Waals surface area contributed by atoms with E-state index in [9.17, 15) is 4.39 Å². The van der Waals surface area contributed by atoms with Crippen LogP contribution in [0.2, 0.25) is 0 Å². The van der Waals surface area contributed by atoms with Crippen molar-refractivity contribution in [3.8, 4) is 16.9 Å². The van der Waals surface area contributed by atoms with Gasteiger partial charge in [-0.05, 0) is 54.8 Å². The summed E-state index contributed by atoms with van der Waals surface area (Å²) in [4.78, 5) is 12.4. The fraction of sp³-hybridized carbons (Fsp3) is 0.200. The van der Waals surface area contributed by atoms with Crippen LogP contribution in [-0.4, -0.2) is 16.6 Å². The first kappa shape index (κ1) is 23.0. The molecule has 166 valence electrons. The summed E-state index contributed by atoms with van der Waals surface area (Å²) in [5, 5.41) is 7.80. The van der Waals surface area contributed by atoms with E-state index in [1.807, 2.05) is 43.3 Å². The zero-order valence-electron chi connectivity index (χ0n) is 18.0. The van der Waals surface area contributed by atoms with E-state index in [-0.39, 0.29) is 18.7 Å². The molecule has 3 N–H and O–H groups in total. The van der Waals surface area contributed by atoms with E-state index in [0.29, 0.717) is 23.3 Å². The number of carbonyl (C=O) groups is 1. The topological polar surface area (TPSA) is 98.6 Å². The zero-order chi connectivity index (χ0) is 23.1. The van der Waals surface area contributed by atoms with Gasteiger partial charge in [0.05, 0.1) is 5.69 Å². The van der Waals surface area contributed by atoms with Gasteiger partial charge in [0.25, 0.3) is 6.47 Å². The first-order chi connectivity index (χ1) is 15.5. The molecule has 2 aromatic heterocycles. The molecule has 0 radical (unpaired) electrons. The van der Waals surface area contributed by atoms with Crippen LogP contribution < -0.4 is 10.5 Å². The Balaban J connectivity index is 0.000000913. The first-order valence-corrected chi connectivity index (χ1v) is 10.2. The molecule has 0 aliphatic rings. The lowest BCUT2D eigenvalue weighted by molar-refractivity contribution is -0.122. The number of para-hydroxylation sites is 1. The lowest BCUT2D eigenvalue weighted by Gasteiger charge is -2.12. The molecule has 0 unspecified atom stereocenters. The SMILES string of the molecule is CCc1ccccc1OCc1cc(-c2ccnc(CN)c2F)c2oc(C)cc2c1.O=CO. The third-order valence-electron chi connectivity index (χ3n) is 4.99. The number of rotatable bonds is 6. The number of nitrogens with zero attached hydrogens (tertiary/aromatic N) is 1. The zero-order valence-corrected chi connectivity index (χ0v) is 18.0. The van der Waals surface area contributed by atoms with E-state index < -0.39 is 5.82 Å². The van der Waals surface area contributed by atoms with Crippen LogP contribution in [0.15, 0.2) is 59.1 Å². The summed E-state index contributed by atoms with van der Waals surface area (Å²) in [5.41, 5.74) is 9.71. The Kier molecular flexibility index (Phi) is 7.57. The maximum Gasteiger partial charge on any atom is 0.290 e. The monoisotopic (exact) mass is 436 g/mol. The van der Waals surface area contributed by atoms with Gasteiger partial charge in [-0.1, -0.05) is 25.1 Å². The molecule has 0 spiro atoms. The van der Waals surface area contributed by atoms with Gasteiger partial charge >= 0.3 is 0 Å². The molecule has 4 aromatic rings. The second-order valence-corrected chi connectivity index (χ2v) is 7.10. The van der Waals surface area contributed by atoms with Crippen LogP contribution in [0.3, 0.4) is 0 Å². The van der Waals surface area contributed by atoms with Crippen molar-refractivity contribution in [3.05, 3.63) is 83.1 Å². The van der Waals surface area contributed by atoms with Crippen molar-refractivity contribution in [2.45, 2.75) is 33.4 Å². The Labute approximate surface area is 185 Å². The van der Waals surface area contributed by atoms with Crippen molar-refractivity contribution in [1.29, 1.82) is 0 Å². The van der Waals surface area contributed by atoms with E-state index in [0.717, 1.165) is 34.4 Å². The number of fused-ring (bicyclic) bond motifs is 1. The summed E-state index contributed by atoms with van der Waals surface area (Å²) in [6.45, 7) is 4.14. The van der Waals surface area contributed by atoms with Crippen LogP contribution in [0.4, 0.5) is 4.39 Å². The number of hydrogen-bond donors (Lipinski definition) is 2. The number of nitrogens with two attached hydrogens (primary N) is 1. The minimum atomic E-state index is -0.417. The molecule has 2 heterocycles. The Morgan fingerprint density at radius 2 is 1.94 bits per heavy atom. The number of benzene rings is 2. The quantitative estimate of drug-likeness (QED) is 0.401. The second-order valence-electron chi connectivity index (χ2n) is 7.10. The third-order valence-corrected chi connectivity index (χ3v) is 4.99. The normalized spacial score (nSPS) is 10.5. The van der Waals surface area contributed by atoms with Crippen molar-refractivity contribution in [3.63, 3.8) is 0 Å². The van der Waals surface area contributed by atoms with Crippen molar-refractivity contribution < 1.29 is 23.4 Å². The Morgan fingerprint density at radius 1 is 1.19 bits per heavy atom. The van der Waals surface area contributed by atoms with Crippen LogP contribution in [0.25, 0.3) is 22.1 Å². The van der Waals surface area contributed by atoms with Gasteiger partial charge in [0.1, 0.15) is 23.7 Å². The van der Waals surface area contributed by atoms with Gasteiger partial charge in [-0.25, -0.2) is 4.39 Å². The van der Waals surface area contributed by atoms with Crippen LogP contribution in [0, 0.1) is 12.7 Å².